The molecular weight excluding hydrogens is 357 g/mol. The quantitative estimate of drug-likeness (QED) is 0.730. The van der Waals surface area contributed by atoms with Crippen molar-refractivity contribution in [1.29, 1.82) is 0 Å². The summed E-state index contributed by atoms with van der Waals surface area (Å²) in [4.78, 5) is 0. The molecule has 1 unspecified atom stereocenters. The largest absolute Gasteiger partial charge is 0.309 e. The lowest BCUT2D eigenvalue weighted by Crippen LogP contribution is -2.19. The number of benzene rings is 2. The van der Waals surface area contributed by atoms with Crippen LogP contribution in [0.2, 0.25) is 10.0 Å². The van der Waals surface area contributed by atoms with Crippen LogP contribution in [0.1, 0.15) is 28.3 Å². The summed E-state index contributed by atoms with van der Waals surface area (Å²) in [5, 5.41) is 4.78. The molecule has 2 rings (SSSR count). The minimum Gasteiger partial charge on any atom is -0.309 e. The van der Waals surface area contributed by atoms with Gasteiger partial charge in [0.15, 0.2) is 0 Å². The van der Waals surface area contributed by atoms with E-state index in [1.54, 1.807) is 0 Å². The fourth-order valence-electron chi connectivity index (χ4n) is 2.24. The average Bonchev–Trinajstić information content (AvgIpc) is 2.40. The zero-order chi connectivity index (χ0) is 14.9. The lowest BCUT2D eigenvalue weighted by molar-refractivity contribution is 0.691. The molecule has 0 saturated carbocycles. The second-order valence-electron chi connectivity index (χ2n) is 4.85. The van der Waals surface area contributed by atoms with E-state index in [4.69, 9.17) is 23.2 Å². The van der Waals surface area contributed by atoms with Gasteiger partial charge in [0, 0.05) is 14.5 Å². The van der Waals surface area contributed by atoms with Gasteiger partial charge >= 0.3 is 0 Å². The Morgan fingerprint density at radius 1 is 0.950 bits per heavy atom. The smallest absolute Gasteiger partial charge is 0.0604 e. The van der Waals surface area contributed by atoms with Crippen molar-refractivity contribution in [1.82, 2.24) is 5.32 Å². The predicted octanol–water partition coefficient (Wildman–Crippen LogP) is 5.68. The van der Waals surface area contributed by atoms with E-state index >= 15 is 0 Å². The van der Waals surface area contributed by atoms with Crippen molar-refractivity contribution >= 4 is 39.1 Å². The van der Waals surface area contributed by atoms with Gasteiger partial charge < -0.3 is 5.32 Å². The second-order valence-corrected chi connectivity index (χ2v) is 6.58. The van der Waals surface area contributed by atoms with E-state index in [1.807, 2.05) is 31.3 Å². The maximum absolute atomic E-state index is 6.42. The van der Waals surface area contributed by atoms with Crippen LogP contribution >= 0.6 is 39.1 Å². The molecule has 2 aromatic rings. The third kappa shape index (κ3) is 3.20. The van der Waals surface area contributed by atoms with Crippen LogP contribution in [0.15, 0.2) is 34.8 Å². The van der Waals surface area contributed by atoms with E-state index in [2.05, 4.69) is 41.2 Å². The summed E-state index contributed by atoms with van der Waals surface area (Å²) >= 11 is 16.3. The SMILES string of the molecule is CNC(c1cc(Br)ccc1Cl)c1cc(C)c(C)cc1Cl. The third-order valence-electron chi connectivity index (χ3n) is 3.48. The number of halogens is 3. The van der Waals surface area contributed by atoms with Crippen molar-refractivity contribution < 1.29 is 0 Å². The maximum atomic E-state index is 6.42. The van der Waals surface area contributed by atoms with E-state index in [1.165, 1.54) is 11.1 Å². The Bertz CT molecular complexity index is 641. The Kier molecular flexibility index (Phi) is 5.14. The number of rotatable bonds is 3. The molecule has 106 valence electrons. The van der Waals surface area contributed by atoms with E-state index in [0.29, 0.717) is 0 Å². The molecule has 0 fully saturated rings. The van der Waals surface area contributed by atoms with Crippen molar-refractivity contribution in [2.75, 3.05) is 7.05 Å². The zero-order valence-corrected chi connectivity index (χ0v) is 14.7. The highest BCUT2D eigenvalue weighted by molar-refractivity contribution is 9.10. The lowest BCUT2D eigenvalue weighted by Gasteiger charge is -2.21. The van der Waals surface area contributed by atoms with Gasteiger partial charge in [0.1, 0.15) is 0 Å². The molecule has 1 nitrogen and oxygen atoms in total. The van der Waals surface area contributed by atoms with Crippen molar-refractivity contribution in [2.24, 2.45) is 0 Å². The Labute approximate surface area is 138 Å². The predicted molar refractivity (Wildman–Crippen MR) is 91.0 cm³/mol. The highest BCUT2D eigenvalue weighted by Crippen LogP contribution is 2.35. The Morgan fingerprint density at radius 3 is 2.20 bits per heavy atom. The van der Waals surface area contributed by atoms with Crippen molar-refractivity contribution in [3.05, 3.63) is 67.1 Å². The van der Waals surface area contributed by atoms with Crippen LogP contribution < -0.4 is 5.32 Å². The summed E-state index contributed by atoms with van der Waals surface area (Å²) in [7, 11) is 1.91. The minimum atomic E-state index is -0.0354. The van der Waals surface area contributed by atoms with Gasteiger partial charge in [-0.2, -0.15) is 0 Å². The summed E-state index contributed by atoms with van der Waals surface area (Å²) in [5.41, 5.74) is 4.45. The molecule has 1 atom stereocenters. The minimum absolute atomic E-state index is 0.0354. The van der Waals surface area contributed by atoms with Gasteiger partial charge in [0.25, 0.3) is 0 Å². The highest BCUT2D eigenvalue weighted by Gasteiger charge is 2.19. The van der Waals surface area contributed by atoms with Gasteiger partial charge in [-0.25, -0.2) is 0 Å². The van der Waals surface area contributed by atoms with Gasteiger partial charge in [-0.1, -0.05) is 45.2 Å². The fraction of sp³-hybridized carbons (Fsp3) is 0.250. The number of hydrogen-bond donors (Lipinski definition) is 1. The highest BCUT2D eigenvalue weighted by atomic mass is 79.9. The van der Waals surface area contributed by atoms with E-state index < -0.39 is 0 Å². The second kappa shape index (κ2) is 6.48. The summed E-state index contributed by atoms with van der Waals surface area (Å²) in [6.07, 6.45) is 0. The van der Waals surface area contributed by atoms with Crippen LogP contribution in [0.5, 0.6) is 0 Å². The Morgan fingerprint density at radius 2 is 1.55 bits per heavy atom. The van der Waals surface area contributed by atoms with Crippen LogP contribution in [-0.2, 0) is 0 Å². The van der Waals surface area contributed by atoms with Crippen molar-refractivity contribution in [2.45, 2.75) is 19.9 Å². The van der Waals surface area contributed by atoms with Crippen LogP contribution in [-0.4, -0.2) is 7.05 Å². The molecule has 20 heavy (non-hydrogen) atoms. The van der Waals surface area contributed by atoms with Gasteiger partial charge in [0.2, 0.25) is 0 Å². The summed E-state index contributed by atoms with van der Waals surface area (Å²) in [5.74, 6) is 0. The fourth-order valence-corrected chi connectivity index (χ4v) is 3.17. The molecule has 0 aliphatic rings. The maximum Gasteiger partial charge on any atom is 0.0604 e. The first kappa shape index (κ1) is 15.8. The molecule has 4 heteroatoms. The Balaban J connectivity index is 2.58. The Hall–Kier alpha value is -0.540. The molecule has 0 radical (unpaired) electrons. The number of hydrogen-bond acceptors (Lipinski definition) is 1. The molecule has 0 aliphatic carbocycles. The molecule has 1 N–H and O–H groups in total. The molecule has 0 amide bonds. The molecule has 0 aromatic heterocycles. The molecule has 0 aliphatic heterocycles. The van der Waals surface area contributed by atoms with Crippen molar-refractivity contribution in [3.8, 4) is 0 Å². The third-order valence-corrected chi connectivity index (χ3v) is 4.65. The molecular formula is C16H16BrCl2N. The molecule has 0 heterocycles. The van der Waals surface area contributed by atoms with Gasteiger partial charge in [-0.3, -0.25) is 0 Å². The first-order valence-electron chi connectivity index (χ1n) is 6.33. The lowest BCUT2D eigenvalue weighted by atomic mass is 9.95. The van der Waals surface area contributed by atoms with E-state index in [9.17, 15) is 0 Å². The normalized spacial score (nSPS) is 12.5. The summed E-state index contributed by atoms with van der Waals surface area (Å²) in [6.45, 7) is 4.15. The van der Waals surface area contributed by atoms with E-state index in [0.717, 1.165) is 25.6 Å². The molecule has 0 bridgehead atoms. The van der Waals surface area contributed by atoms with E-state index in [-0.39, 0.29) is 6.04 Å². The molecule has 0 saturated heterocycles. The topological polar surface area (TPSA) is 12.0 Å². The average molecular weight is 373 g/mol. The summed E-state index contributed by atoms with van der Waals surface area (Å²) < 4.78 is 0.997. The van der Waals surface area contributed by atoms with Gasteiger partial charge in [0.05, 0.1) is 6.04 Å². The standard InChI is InChI=1S/C16H16BrCl2N/c1-9-6-12(15(19)7-10(9)2)16(20-3)13-8-11(17)4-5-14(13)18/h4-8,16,20H,1-3H3. The van der Waals surface area contributed by atoms with Crippen LogP contribution in [0.25, 0.3) is 0 Å². The number of aryl methyl sites for hydroxylation is 2. The first-order valence-corrected chi connectivity index (χ1v) is 7.87. The van der Waals surface area contributed by atoms with Crippen LogP contribution in [0.4, 0.5) is 0 Å². The first-order chi connectivity index (χ1) is 9.43. The van der Waals surface area contributed by atoms with Crippen LogP contribution in [0, 0.1) is 13.8 Å². The monoisotopic (exact) mass is 371 g/mol. The van der Waals surface area contributed by atoms with Gasteiger partial charge in [-0.05, 0) is 67.4 Å². The van der Waals surface area contributed by atoms with Gasteiger partial charge in [-0.15, -0.1) is 0 Å². The molecule has 2 aromatic carbocycles. The summed E-state index contributed by atoms with van der Waals surface area (Å²) in [6, 6.07) is 9.93. The van der Waals surface area contributed by atoms with Crippen molar-refractivity contribution in [3.63, 3.8) is 0 Å². The zero-order valence-electron chi connectivity index (χ0n) is 11.6. The number of nitrogens with one attached hydrogen (secondary N) is 1. The molecule has 0 spiro atoms. The van der Waals surface area contributed by atoms with Crippen LogP contribution in [0.3, 0.4) is 0 Å².